The highest BCUT2D eigenvalue weighted by Crippen LogP contribution is 2.42. The van der Waals surface area contributed by atoms with Crippen molar-refractivity contribution in [1.29, 1.82) is 0 Å². The molecule has 2 unspecified atom stereocenters. The minimum absolute atomic E-state index is 0.259. The molecule has 0 bridgehead atoms. The van der Waals surface area contributed by atoms with E-state index in [4.69, 9.17) is 0 Å². The van der Waals surface area contributed by atoms with Crippen molar-refractivity contribution in [1.82, 2.24) is 5.32 Å². The molecule has 0 radical (unpaired) electrons. The molecule has 1 aromatic rings. The topological polar surface area (TPSA) is 29.1 Å². The lowest BCUT2D eigenvalue weighted by Crippen LogP contribution is -2.24. The Labute approximate surface area is 129 Å². The van der Waals surface area contributed by atoms with Gasteiger partial charge in [-0.05, 0) is 24.3 Å². The van der Waals surface area contributed by atoms with Gasteiger partial charge in [0, 0.05) is 12.5 Å². The summed E-state index contributed by atoms with van der Waals surface area (Å²) in [7, 11) is 0. The first-order valence-electron chi connectivity index (χ1n) is 8.63. The molecule has 2 rings (SSSR count). The summed E-state index contributed by atoms with van der Waals surface area (Å²) in [4.78, 5) is 12.1. The molecule has 0 heterocycles. The predicted octanol–water partition coefficient (Wildman–Crippen LogP) is 4.69. The average Bonchev–Trinajstić information content (AvgIpc) is 3.29. The highest BCUT2D eigenvalue weighted by molar-refractivity contribution is 5.81. The first kappa shape index (κ1) is 16.1. The molecule has 0 spiro atoms. The Morgan fingerprint density at radius 3 is 2.57 bits per heavy atom. The summed E-state index contributed by atoms with van der Waals surface area (Å²) in [5, 5.41) is 3.07. The molecule has 1 aromatic carbocycles. The van der Waals surface area contributed by atoms with E-state index in [2.05, 4.69) is 24.4 Å². The zero-order valence-electron chi connectivity index (χ0n) is 13.3. The van der Waals surface area contributed by atoms with Crippen LogP contribution in [-0.4, -0.2) is 5.91 Å². The molecular formula is C19H29NO. The fourth-order valence-corrected chi connectivity index (χ4v) is 2.99. The summed E-state index contributed by atoms with van der Waals surface area (Å²) in [6, 6.07) is 10.1. The summed E-state index contributed by atoms with van der Waals surface area (Å²) in [5.41, 5.74) is 1.18. The van der Waals surface area contributed by atoms with Crippen LogP contribution in [0.1, 0.15) is 63.9 Å². The van der Waals surface area contributed by atoms with Crippen molar-refractivity contribution in [3.8, 4) is 0 Å². The van der Waals surface area contributed by atoms with E-state index in [1.165, 1.54) is 50.5 Å². The number of unbranched alkanes of at least 4 members (excludes halogenated alkanes) is 5. The molecule has 1 fully saturated rings. The van der Waals surface area contributed by atoms with Crippen LogP contribution in [0, 0.1) is 11.8 Å². The molecule has 1 saturated carbocycles. The lowest BCUT2D eigenvalue weighted by Gasteiger charge is -2.05. The van der Waals surface area contributed by atoms with Gasteiger partial charge < -0.3 is 5.32 Å². The zero-order valence-corrected chi connectivity index (χ0v) is 13.3. The van der Waals surface area contributed by atoms with E-state index in [9.17, 15) is 4.79 Å². The summed E-state index contributed by atoms with van der Waals surface area (Å²) < 4.78 is 0. The fraction of sp³-hybridized carbons (Fsp3) is 0.632. The van der Waals surface area contributed by atoms with E-state index >= 15 is 0 Å². The number of nitrogens with one attached hydrogen (secondary N) is 1. The van der Waals surface area contributed by atoms with Crippen LogP contribution in [0.2, 0.25) is 0 Å². The maximum Gasteiger partial charge on any atom is 0.223 e. The van der Waals surface area contributed by atoms with Crippen LogP contribution in [0.4, 0.5) is 0 Å². The smallest absolute Gasteiger partial charge is 0.223 e. The number of hydrogen-bond donors (Lipinski definition) is 1. The van der Waals surface area contributed by atoms with Crippen LogP contribution >= 0.6 is 0 Å². The quantitative estimate of drug-likeness (QED) is 0.621. The standard InChI is InChI=1S/C19H29NO/c1-2-3-4-5-6-10-13-17-14-18(17)19(21)20-15-16-11-8-7-9-12-16/h7-9,11-12,17-18H,2-6,10,13-15H2,1H3,(H,20,21). The number of hydrogen-bond acceptors (Lipinski definition) is 1. The first-order valence-corrected chi connectivity index (χ1v) is 8.63. The van der Waals surface area contributed by atoms with E-state index in [0.717, 1.165) is 6.42 Å². The lowest BCUT2D eigenvalue weighted by molar-refractivity contribution is -0.122. The van der Waals surface area contributed by atoms with Gasteiger partial charge in [-0.3, -0.25) is 4.79 Å². The molecular weight excluding hydrogens is 258 g/mol. The third-order valence-corrected chi connectivity index (χ3v) is 4.50. The number of amides is 1. The van der Waals surface area contributed by atoms with Gasteiger partial charge in [-0.1, -0.05) is 75.8 Å². The molecule has 1 amide bonds. The van der Waals surface area contributed by atoms with Crippen LogP contribution in [-0.2, 0) is 11.3 Å². The number of benzene rings is 1. The van der Waals surface area contributed by atoms with Crippen LogP contribution in [0.15, 0.2) is 30.3 Å². The van der Waals surface area contributed by atoms with E-state index < -0.39 is 0 Å². The Bertz CT molecular complexity index is 415. The van der Waals surface area contributed by atoms with Gasteiger partial charge in [-0.25, -0.2) is 0 Å². The second-order valence-corrected chi connectivity index (χ2v) is 6.36. The van der Waals surface area contributed by atoms with Crippen molar-refractivity contribution in [2.24, 2.45) is 11.8 Å². The molecule has 2 nitrogen and oxygen atoms in total. The van der Waals surface area contributed by atoms with Crippen molar-refractivity contribution in [2.45, 2.75) is 64.8 Å². The Kier molecular flexibility index (Phi) is 6.78. The molecule has 0 saturated heterocycles. The van der Waals surface area contributed by atoms with Crippen LogP contribution in [0.5, 0.6) is 0 Å². The highest BCUT2D eigenvalue weighted by Gasteiger charge is 2.41. The molecule has 21 heavy (non-hydrogen) atoms. The second-order valence-electron chi connectivity index (χ2n) is 6.36. The van der Waals surface area contributed by atoms with E-state index in [-0.39, 0.29) is 5.91 Å². The van der Waals surface area contributed by atoms with Gasteiger partial charge in [0.1, 0.15) is 0 Å². The largest absolute Gasteiger partial charge is 0.352 e. The number of carbonyl (C=O) groups is 1. The molecule has 1 N–H and O–H groups in total. The Hall–Kier alpha value is -1.31. The van der Waals surface area contributed by atoms with Gasteiger partial charge in [-0.2, -0.15) is 0 Å². The normalized spacial score (nSPS) is 20.2. The van der Waals surface area contributed by atoms with Crippen LogP contribution < -0.4 is 5.32 Å². The molecule has 2 heteroatoms. The monoisotopic (exact) mass is 287 g/mol. The summed E-state index contributed by atoms with van der Waals surface area (Å²) >= 11 is 0. The van der Waals surface area contributed by atoms with Crippen molar-refractivity contribution in [2.75, 3.05) is 0 Å². The average molecular weight is 287 g/mol. The van der Waals surface area contributed by atoms with Crippen molar-refractivity contribution in [3.63, 3.8) is 0 Å². The summed E-state index contributed by atoms with van der Waals surface area (Å²) in [5.74, 6) is 1.21. The highest BCUT2D eigenvalue weighted by atomic mass is 16.2. The third-order valence-electron chi connectivity index (χ3n) is 4.50. The van der Waals surface area contributed by atoms with Crippen molar-refractivity contribution >= 4 is 5.91 Å². The molecule has 1 aliphatic carbocycles. The Morgan fingerprint density at radius 2 is 1.81 bits per heavy atom. The maximum atomic E-state index is 12.1. The minimum atomic E-state index is 0.259. The van der Waals surface area contributed by atoms with Gasteiger partial charge in [0.15, 0.2) is 0 Å². The van der Waals surface area contributed by atoms with Gasteiger partial charge in [0.2, 0.25) is 5.91 Å². The van der Waals surface area contributed by atoms with E-state index in [1.54, 1.807) is 0 Å². The van der Waals surface area contributed by atoms with E-state index in [0.29, 0.717) is 18.4 Å². The number of carbonyl (C=O) groups excluding carboxylic acids is 1. The van der Waals surface area contributed by atoms with Gasteiger partial charge >= 0.3 is 0 Å². The molecule has 116 valence electrons. The summed E-state index contributed by atoms with van der Waals surface area (Å²) in [6.07, 6.45) is 10.4. The SMILES string of the molecule is CCCCCCCCC1CC1C(=O)NCc1ccccc1. The maximum absolute atomic E-state index is 12.1. The van der Waals surface area contributed by atoms with Gasteiger partial charge in [0.05, 0.1) is 0 Å². The third kappa shape index (κ3) is 5.91. The summed E-state index contributed by atoms with van der Waals surface area (Å²) in [6.45, 7) is 2.92. The first-order chi connectivity index (χ1) is 10.3. The molecule has 0 aromatic heterocycles. The molecule has 2 atom stereocenters. The van der Waals surface area contributed by atoms with E-state index in [1.807, 2.05) is 18.2 Å². The Morgan fingerprint density at radius 1 is 1.10 bits per heavy atom. The fourth-order valence-electron chi connectivity index (χ4n) is 2.99. The second kappa shape index (κ2) is 8.86. The molecule has 0 aliphatic heterocycles. The number of rotatable bonds is 10. The zero-order chi connectivity index (χ0) is 14.9. The van der Waals surface area contributed by atoms with Crippen LogP contribution in [0.25, 0.3) is 0 Å². The molecule has 1 aliphatic rings. The minimum Gasteiger partial charge on any atom is -0.352 e. The van der Waals surface area contributed by atoms with Gasteiger partial charge in [-0.15, -0.1) is 0 Å². The van der Waals surface area contributed by atoms with Crippen molar-refractivity contribution in [3.05, 3.63) is 35.9 Å². The Balaban J connectivity index is 1.53. The van der Waals surface area contributed by atoms with Gasteiger partial charge in [0.25, 0.3) is 0 Å². The van der Waals surface area contributed by atoms with Crippen LogP contribution in [0.3, 0.4) is 0 Å². The lowest BCUT2D eigenvalue weighted by atomic mass is 10.1. The van der Waals surface area contributed by atoms with Crippen molar-refractivity contribution < 1.29 is 4.79 Å². The predicted molar refractivity (Wildman–Crippen MR) is 87.9 cm³/mol.